The number of ether oxygens (including phenoxy) is 1. The van der Waals surface area contributed by atoms with Gasteiger partial charge in [0.25, 0.3) is 0 Å². The van der Waals surface area contributed by atoms with E-state index in [2.05, 4.69) is 39.8 Å². The molecule has 4 heteroatoms. The van der Waals surface area contributed by atoms with E-state index in [0.717, 1.165) is 43.3 Å². The Morgan fingerprint density at radius 3 is 2.50 bits per heavy atom. The van der Waals surface area contributed by atoms with E-state index >= 15 is 0 Å². The topological polar surface area (TPSA) is 63.6 Å². The van der Waals surface area contributed by atoms with Crippen LogP contribution in [0.1, 0.15) is 79.6 Å². The predicted molar refractivity (Wildman–Crippen MR) is 124 cm³/mol. The van der Waals surface area contributed by atoms with Crippen molar-refractivity contribution in [1.82, 2.24) is 0 Å². The van der Waals surface area contributed by atoms with Gasteiger partial charge in [-0.15, -0.1) is 0 Å². The van der Waals surface area contributed by atoms with E-state index in [4.69, 9.17) is 4.74 Å². The van der Waals surface area contributed by atoms with E-state index in [1.54, 1.807) is 0 Å². The lowest BCUT2D eigenvalue weighted by Gasteiger charge is -2.41. The minimum atomic E-state index is -0.593. The van der Waals surface area contributed by atoms with Gasteiger partial charge in [0.1, 0.15) is 6.10 Å². The molecule has 0 aliphatic heterocycles. The fraction of sp³-hybridized carbons (Fsp3) is 0.786. The van der Waals surface area contributed by atoms with Crippen LogP contribution in [0.15, 0.2) is 23.3 Å². The van der Waals surface area contributed by atoms with Gasteiger partial charge in [-0.05, 0) is 73.8 Å². The summed E-state index contributed by atoms with van der Waals surface area (Å²) in [5.41, 5.74) is 1.13. The van der Waals surface area contributed by atoms with Crippen LogP contribution in [0.4, 0.5) is 0 Å². The highest BCUT2D eigenvalue weighted by Gasteiger charge is 2.70. The average Bonchev–Trinajstić information content (AvgIpc) is 3.23. The van der Waals surface area contributed by atoms with Gasteiger partial charge in [-0.1, -0.05) is 52.2 Å². The first kappa shape index (κ1) is 22.4. The maximum atomic E-state index is 14.3. The van der Waals surface area contributed by atoms with Gasteiger partial charge in [0, 0.05) is 11.8 Å². The van der Waals surface area contributed by atoms with Crippen LogP contribution in [0.25, 0.3) is 0 Å². The Bertz CT molecular complexity index is 889. The molecule has 2 bridgehead atoms. The van der Waals surface area contributed by atoms with Crippen molar-refractivity contribution in [3.63, 3.8) is 0 Å². The summed E-state index contributed by atoms with van der Waals surface area (Å²) in [6.07, 6.45) is 10.7. The van der Waals surface area contributed by atoms with Crippen LogP contribution in [0.5, 0.6) is 0 Å². The molecule has 4 nitrogen and oxygen atoms in total. The van der Waals surface area contributed by atoms with Gasteiger partial charge in [-0.25, -0.2) is 0 Å². The van der Waals surface area contributed by atoms with Gasteiger partial charge in [0.05, 0.1) is 17.4 Å². The molecule has 0 unspecified atom stereocenters. The van der Waals surface area contributed by atoms with Gasteiger partial charge in [0.15, 0.2) is 5.78 Å². The number of aliphatic hydroxyl groups excluding tert-OH is 1. The lowest BCUT2D eigenvalue weighted by molar-refractivity contribution is -0.166. The van der Waals surface area contributed by atoms with E-state index in [9.17, 15) is 14.7 Å². The standard InChI is InChI=1S/C28H40O4/c1-16-14-28-17(2)11-20-22(26(20,3)4)19(24(28)30)12-18(15-29)13-21(28)23(16)32-25(31)27(5)9-7-6-8-10-27/h12,14,17,19-23,29H,6-11,13,15H2,1-5H3/t17-,19+,20-,21-,22-,23+,28-/m1/s1. The second-order valence-corrected chi connectivity index (χ2v) is 12.5. The maximum absolute atomic E-state index is 14.3. The molecule has 32 heavy (non-hydrogen) atoms. The van der Waals surface area contributed by atoms with Crippen LogP contribution in [0.3, 0.4) is 0 Å². The Morgan fingerprint density at radius 2 is 1.84 bits per heavy atom. The molecule has 0 aromatic carbocycles. The molecule has 7 atom stereocenters. The normalized spacial score (nSPS) is 43.8. The van der Waals surface area contributed by atoms with Gasteiger partial charge in [0.2, 0.25) is 0 Å². The number of esters is 1. The molecular weight excluding hydrogens is 400 g/mol. The molecule has 5 aliphatic rings. The molecule has 0 amide bonds. The molecule has 3 saturated carbocycles. The third-order valence-electron chi connectivity index (χ3n) is 10.4. The van der Waals surface area contributed by atoms with Crippen LogP contribution in [0.2, 0.25) is 0 Å². The van der Waals surface area contributed by atoms with Gasteiger partial charge in [-0.3, -0.25) is 9.59 Å². The zero-order valence-electron chi connectivity index (χ0n) is 20.4. The molecule has 0 aromatic heterocycles. The van der Waals surface area contributed by atoms with Gasteiger partial charge in [-0.2, -0.15) is 0 Å². The van der Waals surface area contributed by atoms with Crippen molar-refractivity contribution in [2.24, 2.45) is 45.8 Å². The molecule has 1 N–H and O–H groups in total. The number of ketones is 1. The summed E-state index contributed by atoms with van der Waals surface area (Å²) >= 11 is 0. The predicted octanol–water partition coefficient (Wildman–Crippen LogP) is 5.25. The van der Waals surface area contributed by atoms with Crippen LogP contribution in [0, 0.1) is 45.8 Å². The summed E-state index contributed by atoms with van der Waals surface area (Å²) in [5.74, 6) is 1.06. The lowest BCUT2D eigenvalue weighted by atomic mass is 9.62. The number of rotatable bonds is 3. The highest BCUT2D eigenvalue weighted by molar-refractivity contribution is 5.94. The number of aliphatic hydroxyl groups is 1. The van der Waals surface area contributed by atoms with Crippen LogP contribution in [-0.2, 0) is 14.3 Å². The largest absolute Gasteiger partial charge is 0.457 e. The zero-order valence-corrected chi connectivity index (χ0v) is 20.4. The van der Waals surface area contributed by atoms with E-state index in [-0.39, 0.29) is 41.8 Å². The Hall–Kier alpha value is -1.42. The second-order valence-electron chi connectivity index (χ2n) is 12.5. The van der Waals surface area contributed by atoms with Crippen molar-refractivity contribution >= 4 is 11.8 Å². The monoisotopic (exact) mass is 440 g/mol. The van der Waals surface area contributed by atoms with Crippen molar-refractivity contribution in [2.45, 2.75) is 85.7 Å². The summed E-state index contributed by atoms with van der Waals surface area (Å²) in [7, 11) is 0. The number of carbonyl (C=O) groups excluding carboxylic acids is 2. The molecular formula is C28H40O4. The maximum Gasteiger partial charge on any atom is 0.312 e. The molecule has 0 radical (unpaired) electrons. The molecule has 1 spiro atoms. The number of carbonyl (C=O) groups is 2. The Morgan fingerprint density at radius 1 is 1.16 bits per heavy atom. The SMILES string of the molecule is CC1=C[C@]23C(=O)[C@@H](C=C(CO)C[C@@H]2[C@H]1OC(=O)C1(C)CCCCC1)[C@@H]1[C@@H](C[C@H]3C)C1(C)C. The molecule has 0 aromatic rings. The smallest absolute Gasteiger partial charge is 0.312 e. The average molecular weight is 441 g/mol. The highest BCUT2D eigenvalue weighted by Crippen LogP contribution is 2.71. The Labute approximate surface area is 192 Å². The lowest BCUT2D eigenvalue weighted by Crippen LogP contribution is -2.47. The van der Waals surface area contributed by atoms with Crippen LogP contribution in [-0.4, -0.2) is 29.6 Å². The quantitative estimate of drug-likeness (QED) is 0.481. The van der Waals surface area contributed by atoms with E-state index < -0.39 is 10.8 Å². The van der Waals surface area contributed by atoms with E-state index in [1.165, 1.54) is 6.42 Å². The molecule has 5 aliphatic carbocycles. The van der Waals surface area contributed by atoms with Crippen molar-refractivity contribution in [2.75, 3.05) is 6.61 Å². The Balaban J connectivity index is 1.52. The fourth-order valence-electron chi connectivity index (χ4n) is 8.26. The molecule has 0 saturated heterocycles. The first-order valence-corrected chi connectivity index (χ1v) is 12.8. The van der Waals surface area contributed by atoms with Crippen LogP contribution < -0.4 is 0 Å². The number of allylic oxidation sites excluding steroid dienone is 2. The molecule has 176 valence electrons. The van der Waals surface area contributed by atoms with Crippen molar-refractivity contribution in [3.8, 4) is 0 Å². The number of hydrogen-bond acceptors (Lipinski definition) is 4. The van der Waals surface area contributed by atoms with E-state index in [0.29, 0.717) is 24.0 Å². The fourth-order valence-corrected chi connectivity index (χ4v) is 8.26. The minimum absolute atomic E-state index is 0.0278. The van der Waals surface area contributed by atoms with Gasteiger partial charge < -0.3 is 9.84 Å². The highest BCUT2D eigenvalue weighted by atomic mass is 16.5. The summed E-state index contributed by atoms with van der Waals surface area (Å²) < 4.78 is 6.32. The summed E-state index contributed by atoms with van der Waals surface area (Å²) in [6.45, 7) is 10.9. The van der Waals surface area contributed by atoms with Crippen molar-refractivity contribution in [1.29, 1.82) is 0 Å². The van der Waals surface area contributed by atoms with Crippen molar-refractivity contribution in [3.05, 3.63) is 23.3 Å². The minimum Gasteiger partial charge on any atom is -0.457 e. The third kappa shape index (κ3) is 2.97. The Kier molecular flexibility index (Phi) is 5.10. The zero-order chi connectivity index (χ0) is 23.1. The first-order valence-electron chi connectivity index (χ1n) is 12.8. The van der Waals surface area contributed by atoms with E-state index in [1.807, 2.05) is 6.92 Å². The first-order chi connectivity index (χ1) is 15.1. The number of Topliss-reactive ketones (excluding diaryl/α,β-unsaturated/α-hetero) is 1. The molecule has 5 rings (SSSR count). The number of hydrogen-bond donors (Lipinski definition) is 1. The summed E-state index contributed by atoms with van der Waals surface area (Å²) in [5, 5.41) is 10.2. The molecule has 0 heterocycles. The third-order valence-corrected chi connectivity index (χ3v) is 10.4. The molecule has 3 fully saturated rings. The summed E-state index contributed by atoms with van der Waals surface area (Å²) in [6, 6.07) is 0. The van der Waals surface area contributed by atoms with Crippen LogP contribution >= 0.6 is 0 Å². The van der Waals surface area contributed by atoms with Gasteiger partial charge >= 0.3 is 5.97 Å². The summed E-state index contributed by atoms with van der Waals surface area (Å²) in [4.78, 5) is 27.7. The van der Waals surface area contributed by atoms with Crippen molar-refractivity contribution < 1.29 is 19.4 Å². The number of fused-ring (bicyclic) bond motifs is 3. The second kappa shape index (κ2) is 7.29.